The maximum Gasteiger partial charge on any atom is 0.193 e. The summed E-state index contributed by atoms with van der Waals surface area (Å²) in [5.41, 5.74) is 6.64. The number of guanidine groups is 1. The smallest absolute Gasteiger partial charge is 0.193 e. The van der Waals surface area contributed by atoms with Crippen LogP contribution in [0.4, 0.5) is 5.69 Å². The molecule has 3 N–H and O–H groups in total. The number of ether oxygens (including phenoxy) is 1. The molecule has 1 aromatic carbocycles. The third kappa shape index (κ3) is 5.22. The number of hydrogen-bond donors (Lipinski definition) is 2. The van der Waals surface area contributed by atoms with Gasteiger partial charge < -0.3 is 15.8 Å². The first-order valence-corrected chi connectivity index (χ1v) is 9.20. The Morgan fingerprint density at radius 3 is 2.64 bits per heavy atom. The minimum Gasteiger partial charge on any atom is -0.491 e. The van der Waals surface area contributed by atoms with Crippen molar-refractivity contribution in [3.63, 3.8) is 0 Å². The van der Waals surface area contributed by atoms with Gasteiger partial charge in [0.05, 0.1) is 17.6 Å². The highest BCUT2D eigenvalue weighted by molar-refractivity contribution is 7.91. The molecule has 1 aliphatic rings. The van der Waals surface area contributed by atoms with Crippen LogP contribution in [-0.4, -0.2) is 38.5 Å². The number of nitrogens with two attached hydrogens (primary N) is 1. The van der Waals surface area contributed by atoms with Crippen LogP contribution in [-0.2, 0) is 9.84 Å². The van der Waals surface area contributed by atoms with Crippen LogP contribution in [0, 0.1) is 5.92 Å². The first-order chi connectivity index (χ1) is 10.3. The molecule has 1 saturated heterocycles. The highest BCUT2D eigenvalue weighted by Crippen LogP contribution is 2.19. The van der Waals surface area contributed by atoms with Gasteiger partial charge >= 0.3 is 0 Å². The van der Waals surface area contributed by atoms with Crippen LogP contribution in [0.25, 0.3) is 0 Å². The molecule has 1 heterocycles. The number of nitrogens with one attached hydrogen (secondary N) is 1. The van der Waals surface area contributed by atoms with Crippen molar-refractivity contribution in [1.29, 1.82) is 0 Å². The van der Waals surface area contributed by atoms with Crippen LogP contribution >= 0.6 is 0 Å². The summed E-state index contributed by atoms with van der Waals surface area (Å²) in [4.78, 5) is 4.23. The predicted octanol–water partition coefficient (Wildman–Crippen LogP) is 1.64. The molecule has 0 aromatic heterocycles. The Kier molecular flexibility index (Phi) is 5.28. The van der Waals surface area contributed by atoms with Crippen LogP contribution < -0.4 is 15.8 Å². The van der Waals surface area contributed by atoms with Gasteiger partial charge in [0.1, 0.15) is 5.75 Å². The Balaban J connectivity index is 1.86. The van der Waals surface area contributed by atoms with Gasteiger partial charge in [0.15, 0.2) is 15.8 Å². The highest BCUT2D eigenvalue weighted by Gasteiger charge is 2.27. The standard InChI is InChI=1S/C15H23N3O3S/c1-11(2)21-14-5-3-13(4-6-14)18-15(16)17-9-12-7-8-22(19,20)10-12/h3-6,11-12H,7-10H2,1-2H3,(H3,16,17,18). The van der Waals surface area contributed by atoms with E-state index >= 15 is 0 Å². The minimum absolute atomic E-state index is 0.0761. The Morgan fingerprint density at radius 1 is 1.41 bits per heavy atom. The maximum atomic E-state index is 11.4. The fourth-order valence-corrected chi connectivity index (χ4v) is 4.17. The van der Waals surface area contributed by atoms with Crippen molar-refractivity contribution in [2.45, 2.75) is 26.4 Å². The van der Waals surface area contributed by atoms with Gasteiger partial charge in [-0.25, -0.2) is 8.42 Å². The lowest BCUT2D eigenvalue weighted by atomic mass is 10.1. The second-order valence-corrected chi connectivity index (χ2v) is 8.04. The zero-order valence-corrected chi connectivity index (χ0v) is 13.8. The van der Waals surface area contributed by atoms with Crippen molar-refractivity contribution < 1.29 is 13.2 Å². The number of aliphatic imine (C=N–C) groups is 1. The highest BCUT2D eigenvalue weighted by atomic mass is 32.2. The van der Waals surface area contributed by atoms with Crippen molar-refractivity contribution in [3.8, 4) is 5.75 Å². The predicted molar refractivity (Wildman–Crippen MR) is 89.1 cm³/mol. The third-order valence-electron chi connectivity index (χ3n) is 3.35. The summed E-state index contributed by atoms with van der Waals surface area (Å²) in [5, 5.41) is 2.99. The van der Waals surface area contributed by atoms with E-state index < -0.39 is 9.84 Å². The quantitative estimate of drug-likeness (QED) is 0.634. The number of anilines is 1. The van der Waals surface area contributed by atoms with E-state index in [0.717, 1.165) is 11.4 Å². The van der Waals surface area contributed by atoms with E-state index in [1.54, 1.807) is 0 Å². The number of rotatable bonds is 5. The van der Waals surface area contributed by atoms with Gasteiger partial charge in [-0.1, -0.05) is 0 Å². The van der Waals surface area contributed by atoms with Crippen molar-refractivity contribution in [2.75, 3.05) is 23.4 Å². The molecule has 1 aliphatic heterocycles. The maximum absolute atomic E-state index is 11.4. The van der Waals surface area contributed by atoms with E-state index in [1.807, 2.05) is 38.1 Å². The molecule has 0 aliphatic carbocycles. The van der Waals surface area contributed by atoms with Gasteiger partial charge in [-0.3, -0.25) is 4.99 Å². The molecule has 22 heavy (non-hydrogen) atoms. The average Bonchev–Trinajstić information content (AvgIpc) is 2.78. The van der Waals surface area contributed by atoms with Gasteiger partial charge in [-0.05, 0) is 50.5 Å². The fraction of sp³-hybridized carbons (Fsp3) is 0.533. The Hall–Kier alpha value is -1.76. The monoisotopic (exact) mass is 325 g/mol. The van der Waals surface area contributed by atoms with E-state index in [9.17, 15) is 8.42 Å². The van der Waals surface area contributed by atoms with Crippen molar-refractivity contribution in [2.24, 2.45) is 16.6 Å². The largest absolute Gasteiger partial charge is 0.491 e. The molecule has 1 unspecified atom stereocenters. The van der Waals surface area contributed by atoms with E-state index in [4.69, 9.17) is 10.5 Å². The lowest BCUT2D eigenvalue weighted by Crippen LogP contribution is -2.24. The van der Waals surface area contributed by atoms with Crippen LogP contribution in [0.15, 0.2) is 29.3 Å². The molecule has 122 valence electrons. The molecule has 0 radical (unpaired) electrons. The second kappa shape index (κ2) is 7.00. The van der Waals surface area contributed by atoms with E-state index in [-0.39, 0.29) is 23.5 Å². The molecule has 6 nitrogen and oxygen atoms in total. The Morgan fingerprint density at radius 2 is 2.09 bits per heavy atom. The average molecular weight is 325 g/mol. The Bertz CT molecular complexity index is 624. The van der Waals surface area contributed by atoms with Gasteiger partial charge in [0, 0.05) is 12.2 Å². The topological polar surface area (TPSA) is 93.8 Å². The second-order valence-electron chi connectivity index (χ2n) is 5.81. The molecule has 2 rings (SSSR count). The summed E-state index contributed by atoms with van der Waals surface area (Å²) >= 11 is 0. The number of hydrogen-bond acceptors (Lipinski definition) is 4. The molecule has 0 saturated carbocycles. The SMILES string of the molecule is CC(C)Oc1ccc(NC(N)=NCC2CCS(=O)(=O)C2)cc1. The summed E-state index contributed by atoms with van der Waals surface area (Å²) in [5.74, 6) is 1.64. The number of benzene rings is 1. The van der Waals surface area contributed by atoms with Gasteiger partial charge in [-0.15, -0.1) is 0 Å². The molecular formula is C15H23N3O3S. The normalized spacial score (nSPS) is 21.0. The van der Waals surface area contributed by atoms with Crippen molar-refractivity contribution in [1.82, 2.24) is 0 Å². The van der Waals surface area contributed by atoms with Crippen LogP contribution in [0.3, 0.4) is 0 Å². The van der Waals surface area contributed by atoms with Gasteiger partial charge in [-0.2, -0.15) is 0 Å². The molecule has 0 spiro atoms. The zero-order valence-electron chi connectivity index (χ0n) is 13.0. The molecule has 1 aromatic rings. The number of nitrogens with zero attached hydrogens (tertiary/aromatic N) is 1. The van der Waals surface area contributed by atoms with Crippen LogP contribution in [0.5, 0.6) is 5.75 Å². The zero-order chi connectivity index (χ0) is 16.2. The molecule has 0 amide bonds. The summed E-state index contributed by atoms with van der Waals surface area (Å²) < 4.78 is 28.3. The summed E-state index contributed by atoms with van der Waals surface area (Å²) in [6.07, 6.45) is 0.800. The molecule has 0 bridgehead atoms. The van der Waals surface area contributed by atoms with Gasteiger partial charge in [0.2, 0.25) is 0 Å². The van der Waals surface area contributed by atoms with Crippen LogP contribution in [0.1, 0.15) is 20.3 Å². The molecule has 1 fully saturated rings. The van der Waals surface area contributed by atoms with Crippen LogP contribution in [0.2, 0.25) is 0 Å². The van der Waals surface area contributed by atoms with Gasteiger partial charge in [0.25, 0.3) is 0 Å². The first-order valence-electron chi connectivity index (χ1n) is 7.38. The van der Waals surface area contributed by atoms with E-state index in [1.165, 1.54) is 0 Å². The van der Waals surface area contributed by atoms with Crippen molar-refractivity contribution >= 4 is 21.5 Å². The molecule has 1 atom stereocenters. The molecular weight excluding hydrogens is 302 g/mol. The molecule has 7 heteroatoms. The lowest BCUT2D eigenvalue weighted by Gasteiger charge is -2.11. The Labute approximate surface area is 131 Å². The van der Waals surface area contributed by atoms with E-state index in [0.29, 0.717) is 18.9 Å². The minimum atomic E-state index is -2.86. The third-order valence-corrected chi connectivity index (χ3v) is 5.18. The number of sulfone groups is 1. The van der Waals surface area contributed by atoms with Crippen molar-refractivity contribution in [3.05, 3.63) is 24.3 Å². The fourth-order valence-electron chi connectivity index (χ4n) is 2.32. The first kappa shape index (κ1) is 16.6. The van der Waals surface area contributed by atoms with E-state index in [2.05, 4.69) is 10.3 Å². The lowest BCUT2D eigenvalue weighted by molar-refractivity contribution is 0.242. The summed E-state index contributed by atoms with van der Waals surface area (Å²) in [6, 6.07) is 7.44. The summed E-state index contributed by atoms with van der Waals surface area (Å²) in [6.45, 7) is 4.38. The summed E-state index contributed by atoms with van der Waals surface area (Å²) in [7, 11) is -2.86.